The second kappa shape index (κ2) is 13.6. The number of hydrogen-bond donors (Lipinski definition) is 0. The van der Waals surface area contributed by atoms with E-state index in [1.807, 2.05) is 0 Å². The Bertz CT molecular complexity index is 1930. The Labute approximate surface area is 296 Å². The number of likely N-dealkylation sites (N-methyl/N-ethyl adjacent to an activating group) is 1. The van der Waals surface area contributed by atoms with Gasteiger partial charge in [-0.05, 0) is 63.2 Å². The summed E-state index contributed by atoms with van der Waals surface area (Å²) in [6.45, 7) is 4.98. The Hall–Kier alpha value is -4.60. The summed E-state index contributed by atoms with van der Waals surface area (Å²) < 4.78 is 52.3. The van der Waals surface area contributed by atoms with Crippen molar-refractivity contribution in [2.45, 2.75) is 42.8 Å². The molecule has 3 aromatic rings. The van der Waals surface area contributed by atoms with Gasteiger partial charge in [0.15, 0.2) is 5.54 Å². The maximum Gasteiger partial charge on any atom is 0.410 e. The fourth-order valence-corrected chi connectivity index (χ4v) is 8.15. The van der Waals surface area contributed by atoms with Gasteiger partial charge in [-0.25, -0.2) is 22.5 Å². The first-order valence-corrected chi connectivity index (χ1v) is 17.4. The minimum absolute atomic E-state index is 0.00574. The lowest BCUT2D eigenvalue weighted by Crippen LogP contribution is -2.68. The van der Waals surface area contributed by atoms with E-state index in [-0.39, 0.29) is 58.0 Å². The zero-order valence-electron chi connectivity index (χ0n) is 29.1. The van der Waals surface area contributed by atoms with Crippen LogP contribution in [0.25, 0.3) is 0 Å². The summed E-state index contributed by atoms with van der Waals surface area (Å²) >= 11 is 6.61. The normalized spacial score (nSPS) is 19.5. The highest BCUT2D eigenvalue weighted by Crippen LogP contribution is 2.54. The molecule has 14 nitrogen and oxygen atoms in total. The molecule has 3 heterocycles. The van der Waals surface area contributed by atoms with Crippen molar-refractivity contribution in [1.29, 1.82) is 0 Å². The number of nitrogens with zero attached hydrogens (tertiary/aromatic N) is 5. The lowest BCUT2D eigenvalue weighted by Gasteiger charge is -2.49. The van der Waals surface area contributed by atoms with Crippen molar-refractivity contribution in [1.82, 2.24) is 19.7 Å². The van der Waals surface area contributed by atoms with Crippen LogP contribution in [0.4, 0.5) is 10.5 Å². The molecule has 50 heavy (non-hydrogen) atoms. The number of carbonyl (C=O) groups excluding carboxylic acids is 3. The third kappa shape index (κ3) is 6.18. The fraction of sp³-hybridized carbons (Fsp3) is 0.412. The van der Waals surface area contributed by atoms with E-state index in [2.05, 4.69) is 4.98 Å². The van der Waals surface area contributed by atoms with Crippen molar-refractivity contribution in [2.24, 2.45) is 0 Å². The van der Waals surface area contributed by atoms with Crippen LogP contribution in [-0.2, 0) is 29.9 Å². The largest absolute Gasteiger partial charge is 0.497 e. The van der Waals surface area contributed by atoms with Gasteiger partial charge in [-0.2, -0.15) is 0 Å². The van der Waals surface area contributed by atoms with Crippen molar-refractivity contribution in [3.8, 4) is 17.4 Å². The number of piperazine rings is 1. The van der Waals surface area contributed by atoms with Crippen molar-refractivity contribution in [3.05, 3.63) is 70.9 Å². The molecule has 1 unspecified atom stereocenters. The molecule has 0 aliphatic carbocycles. The summed E-state index contributed by atoms with van der Waals surface area (Å²) in [5.41, 5.74) is -2.54. The number of benzene rings is 2. The lowest BCUT2D eigenvalue weighted by atomic mass is 9.80. The number of aromatic nitrogens is 1. The average Bonchev–Trinajstić information content (AvgIpc) is 3.34. The lowest BCUT2D eigenvalue weighted by molar-refractivity contribution is -0.144. The minimum atomic E-state index is -4.73. The van der Waals surface area contributed by atoms with Crippen LogP contribution in [-0.4, -0.2) is 113 Å². The van der Waals surface area contributed by atoms with E-state index in [1.54, 1.807) is 51.9 Å². The van der Waals surface area contributed by atoms with Crippen LogP contribution >= 0.6 is 11.6 Å². The van der Waals surface area contributed by atoms with Crippen LogP contribution in [0, 0.1) is 0 Å². The number of sulfonamides is 1. The van der Waals surface area contributed by atoms with Gasteiger partial charge >= 0.3 is 6.09 Å². The van der Waals surface area contributed by atoms with E-state index in [0.29, 0.717) is 10.1 Å². The Morgan fingerprint density at radius 3 is 2.32 bits per heavy atom. The minimum Gasteiger partial charge on any atom is -0.497 e. The van der Waals surface area contributed by atoms with Gasteiger partial charge in [0.2, 0.25) is 11.8 Å². The van der Waals surface area contributed by atoms with Crippen molar-refractivity contribution in [3.63, 3.8) is 0 Å². The van der Waals surface area contributed by atoms with Gasteiger partial charge in [-0.1, -0.05) is 11.6 Å². The fourth-order valence-electron chi connectivity index (χ4n) is 6.38. The van der Waals surface area contributed by atoms with Gasteiger partial charge in [0.05, 0.1) is 27.0 Å². The van der Waals surface area contributed by atoms with Crippen LogP contribution in [0.15, 0.2) is 59.6 Å². The Morgan fingerprint density at radius 2 is 1.70 bits per heavy atom. The molecule has 5 rings (SSSR count). The molecule has 3 amide bonds. The van der Waals surface area contributed by atoms with Crippen LogP contribution in [0.5, 0.6) is 17.4 Å². The van der Waals surface area contributed by atoms with Gasteiger partial charge in [-0.15, -0.1) is 0 Å². The number of halogens is 1. The van der Waals surface area contributed by atoms with Gasteiger partial charge in [0, 0.05) is 62.1 Å². The predicted octanol–water partition coefficient (Wildman–Crippen LogP) is 3.75. The molecule has 0 N–H and O–H groups in total. The van der Waals surface area contributed by atoms with Gasteiger partial charge < -0.3 is 28.7 Å². The van der Waals surface area contributed by atoms with E-state index >= 15 is 4.79 Å². The van der Waals surface area contributed by atoms with E-state index < -0.39 is 45.1 Å². The monoisotopic (exact) mass is 729 g/mol. The summed E-state index contributed by atoms with van der Waals surface area (Å²) in [7, 11) is 2.49. The van der Waals surface area contributed by atoms with E-state index in [0.717, 1.165) is 0 Å². The molecular weight excluding hydrogens is 690 g/mol. The molecular formula is C34H40ClN5O9S. The highest BCUT2D eigenvalue weighted by atomic mass is 35.5. The van der Waals surface area contributed by atoms with Gasteiger partial charge in [0.1, 0.15) is 28.0 Å². The van der Waals surface area contributed by atoms with Gasteiger partial charge in [-0.3, -0.25) is 14.5 Å². The first-order chi connectivity index (χ1) is 23.5. The van der Waals surface area contributed by atoms with Crippen molar-refractivity contribution >= 4 is 45.2 Å². The maximum absolute atomic E-state index is 15.5. The highest BCUT2D eigenvalue weighted by molar-refractivity contribution is 7.93. The summed E-state index contributed by atoms with van der Waals surface area (Å²) in [5.74, 6) is -1.10. The van der Waals surface area contributed by atoms with Crippen LogP contribution in [0.2, 0.25) is 5.02 Å². The number of pyridine rings is 1. The molecule has 0 radical (unpaired) electrons. The summed E-state index contributed by atoms with van der Waals surface area (Å²) in [5, 5.41) is 0.202. The maximum atomic E-state index is 15.5. The van der Waals surface area contributed by atoms with E-state index in [4.69, 9.17) is 30.5 Å². The quantitative estimate of drug-likeness (QED) is 0.334. The first kappa shape index (κ1) is 36.7. The predicted molar refractivity (Wildman–Crippen MR) is 184 cm³/mol. The van der Waals surface area contributed by atoms with Crippen LogP contribution < -0.4 is 18.5 Å². The Morgan fingerprint density at radius 1 is 0.980 bits per heavy atom. The SMILES string of the molecule is COc1ccc(S(=O)(=O)N2C(=O)[C@](c3cccnc3OC)(N3CCN(C(=O)OC(C)(C)C)CC3C(=O)N(C)C)c3cc(Cl)ccc32)c(OC)c1. The molecule has 2 aliphatic rings. The summed E-state index contributed by atoms with van der Waals surface area (Å²) in [4.78, 5) is 51.4. The molecule has 2 atom stereocenters. The van der Waals surface area contributed by atoms with Crippen molar-refractivity contribution in [2.75, 3.05) is 59.4 Å². The molecule has 1 aromatic heterocycles. The molecule has 0 saturated carbocycles. The molecule has 0 bridgehead atoms. The smallest absolute Gasteiger partial charge is 0.410 e. The van der Waals surface area contributed by atoms with E-state index in [1.165, 1.54) is 73.7 Å². The molecule has 268 valence electrons. The first-order valence-electron chi connectivity index (χ1n) is 15.6. The number of hydrogen-bond acceptors (Lipinski definition) is 11. The number of ether oxygens (including phenoxy) is 4. The molecule has 0 spiro atoms. The zero-order chi connectivity index (χ0) is 36.8. The Kier molecular flexibility index (Phi) is 9.98. The highest BCUT2D eigenvalue weighted by Gasteiger charge is 2.63. The Balaban J connectivity index is 1.81. The summed E-state index contributed by atoms with van der Waals surface area (Å²) in [6, 6.07) is 10.5. The molecule has 2 aliphatic heterocycles. The van der Waals surface area contributed by atoms with Crippen LogP contribution in [0.1, 0.15) is 31.9 Å². The molecule has 16 heteroatoms. The number of methoxy groups -OCH3 is 3. The molecule has 2 aromatic carbocycles. The number of amides is 3. The number of carbonyl (C=O) groups is 3. The third-order valence-corrected chi connectivity index (χ3v) is 10.5. The molecule has 1 saturated heterocycles. The van der Waals surface area contributed by atoms with Crippen LogP contribution in [0.3, 0.4) is 0 Å². The topological polar surface area (TPSA) is 148 Å². The van der Waals surface area contributed by atoms with E-state index in [9.17, 15) is 18.0 Å². The van der Waals surface area contributed by atoms with Gasteiger partial charge in [0.25, 0.3) is 15.9 Å². The second-order valence-corrected chi connectivity index (χ2v) is 15.1. The van der Waals surface area contributed by atoms with Crippen molar-refractivity contribution < 1.29 is 41.7 Å². The number of fused-ring (bicyclic) bond motifs is 1. The zero-order valence-corrected chi connectivity index (χ0v) is 30.7. The molecule has 1 fully saturated rings. The number of anilines is 1. The summed E-state index contributed by atoms with van der Waals surface area (Å²) in [6.07, 6.45) is 0.826. The standard InChI is InChI=1S/C34H40ClN5O9S/c1-33(2,3)49-32(43)38-16-17-39(26(20-38)30(41)37(4)5)34(23-10-9-15-36-29(23)48-8)24-18-21(35)11-13-25(24)40(31(34)42)50(44,45)28-14-12-22(46-6)19-27(28)47-7/h9-15,18-19,26H,16-17,20H2,1-8H3/t26?,34-/m1/s1. The number of rotatable bonds is 8. The average molecular weight is 730 g/mol. The third-order valence-electron chi connectivity index (χ3n) is 8.49. The second-order valence-electron chi connectivity index (χ2n) is 12.9.